The molecule has 1 aromatic heterocycles. The fourth-order valence-corrected chi connectivity index (χ4v) is 2.47. The smallest absolute Gasteiger partial charge is 0.232 e. The van der Waals surface area contributed by atoms with E-state index < -0.39 is 0 Å². The summed E-state index contributed by atoms with van der Waals surface area (Å²) in [6.45, 7) is 2.04. The van der Waals surface area contributed by atoms with Gasteiger partial charge in [0, 0.05) is 4.90 Å². The minimum Gasteiger partial charge on any atom is -0.492 e. The first kappa shape index (κ1) is 13.0. The Labute approximate surface area is 109 Å². The van der Waals surface area contributed by atoms with Crippen LogP contribution in [0.25, 0.3) is 0 Å². The van der Waals surface area contributed by atoms with Crippen LogP contribution in [0.15, 0.2) is 29.2 Å². The number of H-pyrrole nitrogens is 1. The zero-order valence-corrected chi connectivity index (χ0v) is 10.9. The van der Waals surface area contributed by atoms with Crippen LogP contribution in [0.4, 0.5) is 4.39 Å². The molecule has 0 bridgehead atoms. The van der Waals surface area contributed by atoms with Crippen molar-refractivity contribution in [2.45, 2.75) is 30.4 Å². The van der Waals surface area contributed by atoms with Gasteiger partial charge in [0.15, 0.2) is 0 Å². The second kappa shape index (κ2) is 5.91. The van der Waals surface area contributed by atoms with Crippen molar-refractivity contribution in [3.63, 3.8) is 0 Å². The van der Waals surface area contributed by atoms with Crippen molar-refractivity contribution in [3.05, 3.63) is 41.6 Å². The van der Waals surface area contributed by atoms with Gasteiger partial charge in [-0.2, -0.15) is 4.98 Å². The molecule has 2 rings (SSSR count). The molecule has 2 aromatic rings. The molecular formula is C13H15FN2OS. The van der Waals surface area contributed by atoms with Gasteiger partial charge in [-0.3, -0.25) is 0 Å². The van der Waals surface area contributed by atoms with Crippen LogP contribution in [0.3, 0.4) is 0 Å². The Morgan fingerprint density at radius 2 is 2.28 bits per heavy atom. The maximum Gasteiger partial charge on any atom is 0.232 e. The van der Waals surface area contributed by atoms with Crippen molar-refractivity contribution in [1.82, 2.24) is 9.97 Å². The number of thioether (sulfide) groups is 1. The Morgan fingerprint density at radius 1 is 1.44 bits per heavy atom. The summed E-state index contributed by atoms with van der Waals surface area (Å²) < 4.78 is 13.0. The first-order chi connectivity index (χ1) is 8.69. The molecule has 1 aromatic carbocycles. The SMILES string of the molecule is CCCc1[nH]c(CSc2cccc(F)c2)nc1O. The number of aromatic nitrogens is 2. The molecule has 18 heavy (non-hydrogen) atoms. The van der Waals surface area contributed by atoms with Gasteiger partial charge < -0.3 is 10.1 Å². The molecule has 0 unspecified atom stereocenters. The average molecular weight is 266 g/mol. The third-order valence-corrected chi connectivity index (χ3v) is 3.48. The number of aromatic hydroxyl groups is 1. The van der Waals surface area contributed by atoms with E-state index in [9.17, 15) is 9.50 Å². The summed E-state index contributed by atoms with van der Waals surface area (Å²) in [5, 5.41) is 9.59. The van der Waals surface area contributed by atoms with Crippen LogP contribution >= 0.6 is 11.8 Å². The maximum absolute atomic E-state index is 13.0. The summed E-state index contributed by atoms with van der Waals surface area (Å²) in [4.78, 5) is 7.99. The van der Waals surface area contributed by atoms with E-state index in [-0.39, 0.29) is 11.7 Å². The van der Waals surface area contributed by atoms with Gasteiger partial charge in [-0.25, -0.2) is 4.39 Å². The molecule has 0 saturated carbocycles. The minimum atomic E-state index is -0.242. The lowest BCUT2D eigenvalue weighted by atomic mass is 10.3. The third kappa shape index (κ3) is 3.26. The van der Waals surface area contributed by atoms with Crippen molar-refractivity contribution < 1.29 is 9.50 Å². The van der Waals surface area contributed by atoms with Gasteiger partial charge in [-0.15, -0.1) is 11.8 Å². The number of halogens is 1. The lowest BCUT2D eigenvalue weighted by Crippen LogP contribution is -1.86. The van der Waals surface area contributed by atoms with Crippen LogP contribution < -0.4 is 0 Å². The number of benzene rings is 1. The molecule has 0 amide bonds. The third-order valence-electron chi connectivity index (χ3n) is 2.48. The molecule has 0 saturated heterocycles. The second-order valence-electron chi connectivity index (χ2n) is 3.98. The number of aryl methyl sites for hydroxylation is 1. The molecule has 3 nitrogen and oxygen atoms in total. The molecule has 1 heterocycles. The summed E-state index contributed by atoms with van der Waals surface area (Å²) in [5.74, 6) is 1.13. The first-order valence-corrected chi connectivity index (χ1v) is 6.82. The Balaban J connectivity index is 2.00. The van der Waals surface area contributed by atoms with E-state index in [1.165, 1.54) is 23.9 Å². The number of rotatable bonds is 5. The summed E-state index contributed by atoms with van der Waals surface area (Å²) in [5.41, 5.74) is 0.771. The number of nitrogens with zero attached hydrogens (tertiary/aromatic N) is 1. The Hall–Kier alpha value is -1.49. The summed E-state index contributed by atoms with van der Waals surface area (Å²) in [7, 11) is 0. The summed E-state index contributed by atoms with van der Waals surface area (Å²) >= 11 is 1.48. The van der Waals surface area contributed by atoms with Gasteiger partial charge >= 0.3 is 0 Å². The van der Waals surface area contributed by atoms with Crippen LogP contribution in [-0.2, 0) is 12.2 Å². The fraction of sp³-hybridized carbons (Fsp3) is 0.308. The normalized spacial score (nSPS) is 10.8. The van der Waals surface area contributed by atoms with E-state index in [0.29, 0.717) is 11.6 Å². The van der Waals surface area contributed by atoms with Crippen molar-refractivity contribution in [3.8, 4) is 5.88 Å². The second-order valence-corrected chi connectivity index (χ2v) is 5.03. The zero-order chi connectivity index (χ0) is 13.0. The predicted octanol–water partition coefficient (Wildman–Crippen LogP) is 3.50. The predicted molar refractivity (Wildman–Crippen MR) is 70.2 cm³/mol. The largest absolute Gasteiger partial charge is 0.492 e. The highest BCUT2D eigenvalue weighted by molar-refractivity contribution is 7.98. The number of aromatic amines is 1. The molecule has 2 N–H and O–H groups in total. The molecule has 0 radical (unpaired) electrons. The van der Waals surface area contributed by atoms with Crippen molar-refractivity contribution in [2.24, 2.45) is 0 Å². The van der Waals surface area contributed by atoms with E-state index in [1.807, 2.05) is 13.0 Å². The quantitative estimate of drug-likeness (QED) is 0.814. The number of nitrogens with one attached hydrogen (secondary N) is 1. The van der Waals surface area contributed by atoms with Crippen molar-refractivity contribution in [1.29, 1.82) is 0 Å². The molecule has 0 aliphatic carbocycles. The van der Waals surface area contributed by atoms with Gasteiger partial charge in [0.05, 0.1) is 11.4 Å². The monoisotopic (exact) mass is 266 g/mol. The van der Waals surface area contributed by atoms with Gasteiger partial charge in [0.25, 0.3) is 0 Å². The molecule has 96 valence electrons. The molecule has 5 heteroatoms. The standard InChI is InChI=1S/C13H15FN2OS/c1-2-4-11-13(17)16-12(15-11)8-18-10-6-3-5-9(14)7-10/h3,5-7,17H,2,4,8H2,1H3,(H,15,16). The number of hydrogen-bond acceptors (Lipinski definition) is 3. The van der Waals surface area contributed by atoms with Crippen molar-refractivity contribution >= 4 is 11.8 Å². The van der Waals surface area contributed by atoms with Gasteiger partial charge in [-0.05, 0) is 24.6 Å². The van der Waals surface area contributed by atoms with Crippen LogP contribution in [-0.4, -0.2) is 15.1 Å². The van der Waals surface area contributed by atoms with E-state index in [1.54, 1.807) is 6.07 Å². The minimum absolute atomic E-state index is 0.0756. The summed E-state index contributed by atoms with van der Waals surface area (Å²) in [6, 6.07) is 6.44. The Kier molecular flexibility index (Phi) is 4.25. The van der Waals surface area contributed by atoms with Gasteiger partial charge in [-0.1, -0.05) is 19.4 Å². The summed E-state index contributed by atoms with van der Waals surface area (Å²) in [6.07, 6.45) is 1.73. The highest BCUT2D eigenvalue weighted by Gasteiger charge is 2.08. The highest BCUT2D eigenvalue weighted by Crippen LogP contribution is 2.24. The molecule has 0 aliphatic rings. The van der Waals surface area contributed by atoms with Crippen LogP contribution in [0.5, 0.6) is 5.88 Å². The number of imidazole rings is 1. The van der Waals surface area contributed by atoms with Crippen molar-refractivity contribution in [2.75, 3.05) is 0 Å². The molecule has 0 aliphatic heterocycles. The average Bonchev–Trinajstić information content (AvgIpc) is 2.69. The lowest BCUT2D eigenvalue weighted by Gasteiger charge is -1.99. The Morgan fingerprint density at radius 3 is 3.00 bits per heavy atom. The van der Waals surface area contributed by atoms with Crippen LogP contribution in [0.1, 0.15) is 24.9 Å². The van der Waals surface area contributed by atoms with Gasteiger partial charge in [0.1, 0.15) is 11.6 Å². The van der Waals surface area contributed by atoms with E-state index in [2.05, 4.69) is 9.97 Å². The van der Waals surface area contributed by atoms with Crippen LogP contribution in [0, 0.1) is 5.82 Å². The fourth-order valence-electron chi connectivity index (χ4n) is 1.65. The van der Waals surface area contributed by atoms with Gasteiger partial charge in [0.2, 0.25) is 5.88 Å². The molecule has 0 spiro atoms. The zero-order valence-electron chi connectivity index (χ0n) is 10.1. The topological polar surface area (TPSA) is 48.9 Å². The van der Waals surface area contributed by atoms with E-state index >= 15 is 0 Å². The molecule has 0 fully saturated rings. The lowest BCUT2D eigenvalue weighted by molar-refractivity contribution is 0.448. The molecule has 0 atom stereocenters. The highest BCUT2D eigenvalue weighted by atomic mass is 32.2. The Bertz CT molecular complexity index is 527. The first-order valence-electron chi connectivity index (χ1n) is 5.84. The van der Waals surface area contributed by atoms with Crippen LogP contribution in [0.2, 0.25) is 0 Å². The van der Waals surface area contributed by atoms with E-state index in [0.717, 1.165) is 23.4 Å². The molecular weight excluding hydrogens is 251 g/mol. The number of hydrogen-bond donors (Lipinski definition) is 2. The van der Waals surface area contributed by atoms with E-state index in [4.69, 9.17) is 0 Å². The maximum atomic E-state index is 13.0.